The minimum Gasteiger partial charge on any atom is -0.393 e. The number of nitro groups is 1. The van der Waals surface area contributed by atoms with Gasteiger partial charge in [-0.05, 0) is 12.0 Å². The maximum atomic E-state index is 10.9. The molecule has 0 aliphatic heterocycles. The van der Waals surface area contributed by atoms with Crippen LogP contribution in [0.4, 0.5) is 23.1 Å². The first kappa shape index (κ1) is 15.8. The molecule has 0 bridgehead atoms. The lowest BCUT2D eigenvalue weighted by Crippen LogP contribution is -2.14. The van der Waals surface area contributed by atoms with Crippen LogP contribution in [0.3, 0.4) is 0 Å². The van der Waals surface area contributed by atoms with E-state index in [-0.39, 0.29) is 28.5 Å². The summed E-state index contributed by atoms with van der Waals surface area (Å²) in [5, 5.41) is 14.0. The van der Waals surface area contributed by atoms with Gasteiger partial charge in [-0.1, -0.05) is 30.7 Å². The highest BCUT2D eigenvalue weighted by atomic mass is 35.5. The van der Waals surface area contributed by atoms with Crippen LogP contribution in [-0.2, 0) is 0 Å². The summed E-state index contributed by atoms with van der Waals surface area (Å²) in [5.74, 6) is 0.298. The SMILES string of the molecule is CCC(Nc1nc(N)nc(Cl)c1N)c1cccc([N+](=O)[O-])c1. The Hall–Kier alpha value is -2.61. The van der Waals surface area contributed by atoms with Crippen molar-refractivity contribution in [3.05, 3.63) is 45.1 Å². The molecule has 0 saturated heterocycles. The average molecular weight is 323 g/mol. The fraction of sp³-hybridized carbons (Fsp3) is 0.231. The molecule has 1 atom stereocenters. The van der Waals surface area contributed by atoms with E-state index in [0.29, 0.717) is 12.2 Å². The van der Waals surface area contributed by atoms with Crippen LogP contribution in [0.2, 0.25) is 5.15 Å². The normalized spacial score (nSPS) is 11.9. The molecule has 2 aromatic rings. The monoisotopic (exact) mass is 322 g/mol. The van der Waals surface area contributed by atoms with Gasteiger partial charge in [0, 0.05) is 12.1 Å². The predicted molar refractivity (Wildman–Crippen MR) is 85.6 cm³/mol. The Kier molecular flexibility index (Phi) is 4.62. The van der Waals surface area contributed by atoms with Crippen LogP contribution in [0.5, 0.6) is 0 Å². The first-order valence-corrected chi connectivity index (χ1v) is 6.89. The van der Waals surface area contributed by atoms with Crippen molar-refractivity contribution in [2.75, 3.05) is 16.8 Å². The molecule has 1 unspecified atom stereocenters. The molecule has 0 saturated carbocycles. The zero-order valence-corrected chi connectivity index (χ0v) is 12.5. The number of nitrogens with zero attached hydrogens (tertiary/aromatic N) is 3. The van der Waals surface area contributed by atoms with Gasteiger partial charge in [0.1, 0.15) is 5.69 Å². The van der Waals surface area contributed by atoms with Crippen LogP contribution in [0.1, 0.15) is 24.9 Å². The summed E-state index contributed by atoms with van der Waals surface area (Å²) in [7, 11) is 0. The number of aromatic nitrogens is 2. The largest absolute Gasteiger partial charge is 0.393 e. The fourth-order valence-corrected chi connectivity index (χ4v) is 2.19. The van der Waals surface area contributed by atoms with Gasteiger partial charge in [-0.2, -0.15) is 9.97 Å². The van der Waals surface area contributed by atoms with E-state index >= 15 is 0 Å². The van der Waals surface area contributed by atoms with E-state index in [4.69, 9.17) is 23.1 Å². The molecule has 2 rings (SSSR count). The van der Waals surface area contributed by atoms with Gasteiger partial charge in [-0.3, -0.25) is 10.1 Å². The van der Waals surface area contributed by atoms with Gasteiger partial charge in [0.25, 0.3) is 5.69 Å². The van der Waals surface area contributed by atoms with E-state index in [2.05, 4.69) is 15.3 Å². The molecule has 0 aliphatic carbocycles. The standard InChI is InChI=1S/C13H15ClN6O2/c1-2-9(7-4-3-5-8(6-7)20(21)22)17-12-10(15)11(14)18-13(16)19-12/h3-6,9H,2,15H2,1H3,(H3,16,17,18,19). The number of halogens is 1. The molecule has 9 heteroatoms. The zero-order chi connectivity index (χ0) is 16.3. The van der Waals surface area contributed by atoms with Gasteiger partial charge in [0.15, 0.2) is 11.0 Å². The number of nitrogens with one attached hydrogen (secondary N) is 1. The van der Waals surface area contributed by atoms with Crippen LogP contribution in [-0.4, -0.2) is 14.9 Å². The number of hydrogen-bond acceptors (Lipinski definition) is 7. The highest BCUT2D eigenvalue weighted by Gasteiger charge is 2.17. The summed E-state index contributed by atoms with van der Waals surface area (Å²) in [6, 6.07) is 6.12. The molecule has 1 heterocycles. The van der Waals surface area contributed by atoms with Gasteiger partial charge in [-0.25, -0.2) is 0 Å². The van der Waals surface area contributed by atoms with Crippen molar-refractivity contribution in [3.63, 3.8) is 0 Å². The first-order valence-electron chi connectivity index (χ1n) is 6.51. The van der Waals surface area contributed by atoms with E-state index in [1.165, 1.54) is 12.1 Å². The highest BCUT2D eigenvalue weighted by Crippen LogP contribution is 2.30. The maximum absolute atomic E-state index is 10.9. The van der Waals surface area contributed by atoms with Crippen LogP contribution in [0.25, 0.3) is 0 Å². The van der Waals surface area contributed by atoms with E-state index in [0.717, 1.165) is 5.56 Å². The summed E-state index contributed by atoms with van der Waals surface area (Å²) >= 11 is 5.87. The topological polar surface area (TPSA) is 133 Å². The molecule has 22 heavy (non-hydrogen) atoms. The molecule has 0 radical (unpaired) electrons. The molecular formula is C13H15ClN6O2. The van der Waals surface area contributed by atoms with Crippen molar-refractivity contribution >= 4 is 34.7 Å². The first-order chi connectivity index (χ1) is 10.4. The second-order valence-corrected chi connectivity index (χ2v) is 4.95. The molecule has 8 nitrogen and oxygen atoms in total. The second-order valence-electron chi connectivity index (χ2n) is 4.59. The average Bonchev–Trinajstić information content (AvgIpc) is 2.49. The summed E-state index contributed by atoms with van der Waals surface area (Å²) in [6.07, 6.45) is 0.655. The van der Waals surface area contributed by atoms with Gasteiger partial charge >= 0.3 is 0 Å². The van der Waals surface area contributed by atoms with Crippen LogP contribution < -0.4 is 16.8 Å². The zero-order valence-electron chi connectivity index (χ0n) is 11.8. The van der Waals surface area contributed by atoms with Crippen molar-refractivity contribution in [1.82, 2.24) is 9.97 Å². The van der Waals surface area contributed by atoms with Gasteiger partial charge in [0.05, 0.1) is 11.0 Å². The molecule has 0 spiro atoms. The molecule has 1 aromatic carbocycles. The van der Waals surface area contributed by atoms with Crippen LogP contribution in [0, 0.1) is 10.1 Å². The van der Waals surface area contributed by atoms with Crippen LogP contribution in [0.15, 0.2) is 24.3 Å². The van der Waals surface area contributed by atoms with Crippen molar-refractivity contribution in [2.45, 2.75) is 19.4 Å². The molecule has 0 aliphatic rings. The third-order valence-corrected chi connectivity index (χ3v) is 3.41. The van der Waals surface area contributed by atoms with Crippen molar-refractivity contribution < 1.29 is 4.92 Å². The molecule has 116 valence electrons. The van der Waals surface area contributed by atoms with E-state index in [9.17, 15) is 10.1 Å². The Morgan fingerprint density at radius 2 is 2.14 bits per heavy atom. The Morgan fingerprint density at radius 1 is 1.41 bits per heavy atom. The number of nitrogen functional groups attached to an aromatic ring is 2. The number of nitrogens with two attached hydrogens (primary N) is 2. The lowest BCUT2D eigenvalue weighted by atomic mass is 10.0. The number of nitro benzene ring substituents is 1. The van der Waals surface area contributed by atoms with Crippen molar-refractivity contribution in [3.8, 4) is 0 Å². The molecule has 0 fully saturated rings. The van der Waals surface area contributed by atoms with Crippen LogP contribution >= 0.6 is 11.6 Å². The Balaban J connectivity index is 2.34. The smallest absolute Gasteiger partial charge is 0.269 e. The Bertz CT molecular complexity index is 709. The third kappa shape index (κ3) is 3.34. The number of anilines is 3. The highest BCUT2D eigenvalue weighted by molar-refractivity contribution is 6.32. The lowest BCUT2D eigenvalue weighted by molar-refractivity contribution is -0.384. The molecule has 5 N–H and O–H groups in total. The summed E-state index contributed by atoms with van der Waals surface area (Å²) in [5.41, 5.74) is 12.3. The Morgan fingerprint density at radius 3 is 2.77 bits per heavy atom. The fourth-order valence-electron chi connectivity index (χ4n) is 2.01. The van der Waals surface area contributed by atoms with Gasteiger partial charge in [0.2, 0.25) is 5.95 Å². The van der Waals surface area contributed by atoms with Crippen molar-refractivity contribution in [2.24, 2.45) is 0 Å². The number of benzene rings is 1. The summed E-state index contributed by atoms with van der Waals surface area (Å²) in [6.45, 7) is 1.93. The van der Waals surface area contributed by atoms with Crippen molar-refractivity contribution in [1.29, 1.82) is 0 Å². The summed E-state index contributed by atoms with van der Waals surface area (Å²) in [4.78, 5) is 18.2. The molecule has 0 amide bonds. The summed E-state index contributed by atoms with van der Waals surface area (Å²) < 4.78 is 0. The van der Waals surface area contributed by atoms with E-state index in [1.54, 1.807) is 12.1 Å². The molecular weight excluding hydrogens is 308 g/mol. The minimum atomic E-state index is -0.440. The lowest BCUT2D eigenvalue weighted by Gasteiger charge is -2.19. The van der Waals surface area contributed by atoms with Gasteiger partial charge in [-0.15, -0.1) is 0 Å². The predicted octanol–water partition coefficient (Wildman–Crippen LogP) is 2.77. The number of rotatable bonds is 5. The quantitative estimate of drug-likeness (QED) is 0.437. The number of non-ortho nitro benzene ring substituents is 1. The minimum absolute atomic E-state index is 0.00408. The Labute approximate surface area is 131 Å². The van der Waals surface area contributed by atoms with E-state index in [1.807, 2.05) is 6.92 Å². The van der Waals surface area contributed by atoms with Gasteiger partial charge < -0.3 is 16.8 Å². The van der Waals surface area contributed by atoms with E-state index < -0.39 is 4.92 Å². The third-order valence-electron chi connectivity index (χ3n) is 3.12. The second kappa shape index (κ2) is 6.44. The maximum Gasteiger partial charge on any atom is 0.269 e. The molecule has 1 aromatic heterocycles. The number of hydrogen-bond donors (Lipinski definition) is 3.